The Morgan fingerprint density at radius 1 is 1.00 bits per heavy atom. The summed E-state index contributed by atoms with van der Waals surface area (Å²) in [5.74, 6) is 0.161. The number of ether oxygens (including phenoxy) is 1. The first-order valence-electron chi connectivity index (χ1n) is 9.50. The maximum absolute atomic E-state index is 13.4. The molecule has 6 nitrogen and oxygen atoms in total. The summed E-state index contributed by atoms with van der Waals surface area (Å²) >= 11 is 6.24. The van der Waals surface area contributed by atoms with Crippen LogP contribution in [0.5, 0.6) is 5.75 Å². The molecule has 0 unspecified atom stereocenters. The Kier molecular flexibility index (Phi) is 6.87. The molecule has 3 rings (SSSR count). The molecule has 0 aliphatic rings. The van der Waals surface area contributed by atoms with Gasteiger partial charge in [0.25, 0.3) is 10.0 Å². The third-order valence-corrected chi connectivity index (χ3v) is 6.91. The number of carbonyl (C=O) groups excluding carboxylic acids is 1. The minimum absolute atomic E-state index is 0.0899. The number of nitrogens with one attached hydrogen (secondary N) is 1. The minimum atomic E-state index is -4.00. The highest BCUT2D eigenvalue weighted by Gasteiger charge is 2.27. The predicted octanol–water partition coefficient (Wildman–Crippen LogP) is 4.80. The van der Waals surface area contributed by atoms with Crippen molar-refractivity contribution in [2.45, 2.75) is 18.7 Å². The van der Waals surface area contributed by atoms with Gasteiger partial charge in [-0.05, 0) is 67.9 Å². The smallest absolute Gasteiger partial charge is 0.264 e. The van der Waals surface area contributed by atoms with Crippen LogP contribution in [0, 0.1) is 13.8 Å². The molecule has 1 N–H and O–H groups in total. The highest BCUT2D eigenvalue weighted by atomic mass is 35.5. The lowest BCUT2D eigenvalue weighted by Crippen LogP contribution is -2.38. The lowest BCUT2D eigenvalue weighted by molar-refractivity contribution is -0.114. The number of rotatable bonds is 7. The van der Waals surface area contributed by atoms with Crippen molar-refractivity contribution >= 4 is 38.9 Å². The Morgan fingerprint density at radius 2 is 1.65 bits per heavy atom. The monoisotopic (exact) mass is 458 g/mol. The van der Waals surface area contributed by atoms with E-state index in [-0.39, 0.29) is 4.90 Å². The average molecular weight is 459 g/mol. The summed E-state index contributed by atoms with van der Waals surface area (Å²) in [6.07, 6.45) is 0. The van der Waals surface area contributed by atoms with Crippen LogP contribution in [-0.2, 0) is 14.8 Å². The zero-order valence-corrected chi connectivity index (χ0v) is 19.0. The van der Waals surface area contributed by atoms with Crippen molar-refractivity contribution in [1.29, 1.82) is 0 Å². The van der Waals surface area contributed by atoms with Gasteiger partial charge in [0.2, 0.25) is 5.91 Å². The molecule has 3 aromatic rings. The lowest BCUT2D eigenvalue weighted by Gasteiger charge is -2.24. The largest absolute Gasteiger partial charge is 0.497 e. The van der Waals surface area contributed by atoms with E-state index >= 15 is 0 Å². The molecular weight excluding hydrogens is 436 g/mol. The molecule has 3 aromatic carbocycles. The SMILES string of the molecule is COc1ccc(NC(=O)CN(c2ccc(C)c(Cl)c2)S(=O)(=O)c2ccc(C)cc2)cc1. The summed E-state index contributed by atoms with van der Waals surface area (Å²) in [6.45, 7) is 3.28. The molecule has 0 aromatic heterocycles. The number of sulfonamides is 1. The molecule has 8 heteroatoms. The van der Waals surface area contributed by atoms with Gasteiger partial charge in [-0.3, -0.25) is 9.10 Å². The first kappa shape index (κ1) is 22.7. The summed E-state index contributed by atoms with van der Waals surface area (Å²) in [4.78, 5) is 12.8. The van der Waals surface area contributed by atoms with Crippen LogP contribution in [-0.4, -0.2) is 28.0 Å². The number of nitrogens with zero attached hydrogens (tertiary/aromatic N) is 1. The van der Waals surface area contributed by atoms with Crippen molar-refractivity contribution in [2.24, 2.45) is 0 Å². The third-order valence-electron chi connectivity index (χ3n) is 4.71. The van der Waals surface area contributed by atoms with E-state index in [1.54, 1.807) is 61.7 Å². The first-order chi connectivity index (χ1) is 14.7. The molecule has 0 atom stereocenters. The molecular formula is C23H23ClN2O4S. The Morgan fingerprint density at radius 3 is 2.23 bits per heavy atom. The van der Waals surface area contributed by atoms with Crippen LogP contribution in [0.25, 0.3) is 0 Å². The number of aryl methyl sites for hydroxylation is 2. The highest BCUT2D eigenvalue weighted by Crippen LogP contribution is 2.28. The van der Waals surface area contributed by atoms with Crippen molar-refractivity contribution in [3.8, 4) is 5.75 Å². The summed E-state index contributed by atoms with van der Waals surface area (Å²) in [7, 11) is -2.45. The Hall–Kier alpha value is -3.03. The molecule has 0 fully saturated rings. The van der Waals surface area contributed by atoms with E-state index in [4.69, 9.17) is 16.3 Å². The third kappa shape index (κ3) is 5.37. The van der Waals surface area contributed by atoms with E-state index in [2.05, 4.69) is 5.32 Å². The zero-order chi connectivity index (χ0) is 22.6. The maximum Gasteiger partial charge on any atom is 0.264 e. The van der Waals surface area contributed by atoms with Crippen molar-refractivity contribution in [1.82, 2.24) is 0 Å². The van der Waals surface area contributed by atoms with E-state index in [0.29, 0.717) is 22.1 Å². The fraction of sp³-hybridized carbons (Fsp3) is 0.174. The number of methoxy groups -OCH3 is 1. The highest BCUT2D eigenvalue weighted by molar-refractivity contribution is 7.92. The van der Waals surface area contributed by atoms with Gasteiger partial charge in [-0.1, -0.05) is 35.4 Å². The van der Waals surface area contributed by atoms with Gasteiger partial charge >= 0.3 is 0 Å². The van der Waals surface area contributed by atoms with Crippen LogP contribution in [0.15, 0.2) is 71.6 Å². The molecule has 0 aliphatic carbocycles. The van der Waals surface area contributed by atoms with Crippen LogP contribution in [0.1, 0.15) is 11.1 Å². The van der Waals surface area contributed by atoms with Gasteiger partial charge < -0.3 is 10.1 Å². The van der Waals surface area contributed by atoms with Gasteiger partial charge in [-0.2, -0.15) is 0 Å². The molecule has 0 bridgehead atoms. The topological polar surface area (TPSA) is 75.7 Å². The van der Waals surface area contributed by atoms with Crippen LogP contribution in [0.4, 0.5) is 11.4 Å². The fourth-order valence-corrected chi connectivity index (χ4v) is 4.48. The second-order valence-corrected chi connectivity index (χ2v) is 9.30. The molecule has 162 valence electrons. The van der Waals surface area contributed by atoms with Crippen molar-refractivity contribution in [2.75, 3.05) is 23.3 Å². The molecule has 0 heterocycles. The number of halogens is 1. The number of amides is 1. The number of benzene rings is 3. The lowest BCUT2D eigenvalue weighted by atomic mass is 10.2. The van der Waals surface area contributed by atoms with Gasteiger partial charge in [0.05, 0.1) is 17.7 Å². The molecule has 0 saturated carbocycles. The standard InChI is InChI=1S/C23H23ClN2O4S/c1-16-4-12-21(13-5-16)31(28,29)26(19-9-6-17(2)22(24)14-19)15-23(27)25-18-7-10-20(30-3)11-8-18/h4-14H,15H2,1-3H3,(H,25,27). The van der Waals surface area contributed by atoms with Gasteiger partial charge in [0.1, 0.15) is 12.3 Å². The average Bonchev–Trinajstić information content (AvgIpc) is 2.75. The normalized spacial score (nSPS) is 11.1. The zero-order valence-electron chi connectivity index (χ0n) is 17.4. The van der Waals surface area contributed by atoms with Crippen LogP contribution >= 0.6 is 11.6 Å². The maximum atomic E-state index is 13.4. The number of hydrogen-bond acceptors (Lipinski definition) is 4. The van der Waals surface area contributed by atoms with Crippen molar-refractivity contribution < 1.29 is 17.9 Å². The molecule has 0 aliphatic heterocycles. The van der Waals surface area contributed by atoms with Crippen LogP contribution < -0.4 is 14.4 Å². The van der Waals surface area contributed by atoms with Crippen LogP contribution in [0.3, 0.4) is 0 Å². The summed E-state index contributed by atoms with van der Waals surface area (Å²) in [6, 6.07) is 18.1. The van der Waals surface area contributed by atoms with Crippen molar-refractivity contribution in [3.05, 3.63) is 82.9 Å². The molecule has 0 radical (unpaired) electrons. The molecule has 1 amide bonds. The number of anilines is 2. The quantitative estimate of drug-likeness (QED) is 0.551. The second kappa shape index (κ2) is 9.41. The van der Waals surface area contributed by atoms with E-state index in [1.165, 1.54) is 12.1 Å². The Balaban J connectivity index is 1.94. The Bertz CT molecular complexity index is 1180. The fourth-order valence-electron chi connectivity index (χ4n) is 2.89. The molecule has 0 saturated heterocycles. The van der Waals surface area contributed by atoms with E-state index < -0.39 is 22.5 Å². The second-order valence-electron chi connectivity index (χ2n) is 7.03. The number of hydrogen-bond donors (Lipinski definition) is 1. The van der Waals surface area contributed by atoms with Crippen molar-refractivity contribution in [3.63, 3.8) is 0 Å². The summed E-state index contributed by atoms with van der Waals surface area (Å²) < 4.78 is 33.0. The minimum Gasteiger partial charge on any atom is -0.497 e. The van der Waals surface area contributed by atoms with Gasteiger partial charge in [-0.25, -0.2) is 8.42 Å². The predicted molar refractivity (Wildman–Crippen MR) is 124 cm³/mol. The van der Waals surface area contributed by atoms with Gasteiger partial charge in [0, 0.05) is 10.7 Å². The first-order valence-corrected chi connectivity index (χ1v) is 11.3. The number of carbonyl (C=O) groups is 1. The van der Waals surface area contributed by atoms with E-state index in [0.717, 1.165) is 15.4 Å². The summed E-state index contributed by atoms with van der Waals surface area (Å²) in [5, 5.41) is 3.13. The van der Waals surface area contributed by atoms with Gasteiger partial charge in [-0.15, -0.1) is 0 Å². The Labute approximate surface area is 187 Å². The molecule has 31 heavy (non-hydrogen) atoms. The summed E-state index contributed by atoms with van der Waals surface area (Å²) in [5.41, 5.74) is 2.57. The van der Waals surface area contributed by atoms with E-state index in [9.17, 15) is 13.2 Å². The molecule has 0 spiro atoms. The van der Waals surface area contributed by atoms with Crippen LogP contribution in [0.2, 0.25) is 5.02 Å². The van der Waals surface area contributed by atoms with Gasteiger partial charge in [0.15, 0.2) is 0 Å². The van der Waals surface area contributed by atoms with E-state index in [1.807, 2.05) is 13.8 Å².